The number of carbonyl (C=O) groups excluding carboxylic acids is 1. The van der Waals surface area contributed by atoms with Crippen LogP contribution >= 0.6 is 11.6 Å². The number of anilines is 1. The van der Waals surface area contributed by atoms with Crippen LogP contribution in [0.4, 0.5) is 5.69 Å². The number of hydrogen-bond acceptors (Lipinski definition) is 4. The predicted molar refractivity (Wildman–Crippen MR) is 131 cm³/mol. The normalized spacial score (nSPS) is 12.2. The molecule has 1 unspecified atom stereocenters. The molecule has 1 atom stereocenters. The number of carbonyl (C=O) groups is 1. The highest BCUT2D eigenvalue weighted by molar-refractivity contribution is 7.92. The highest BCUT2D eigenvalue weighted by Crippen LogP contribution is 2.28. The fraction of sp³-hybridized carbons (Fsp3) is 0.240. The van der Waals surface area contributed by atoms with Crippen molar-refractivity contribution in [2.45, 2.75) is 38.6 Å². The molecule has 174 valence electrons. The van der Waals surface area contributed by atoms with E-state index >= 15 is 0 Å². The van der Waals surface area contributed by atoms with E-state index in [0.29, 0.717) is 5.69 Å². The van der Waals surface area contributed by atoms with Gasteiger partial charge in [0, 0.05) is 5.69 Å². The molecule has 0 saturated heterocycles. The average Bonchev–Trinajstić information content (AvgIpc) is 2.75. The van der Waals surface area contributed by atoms with Crippen LogP contribution < -0.4 is 14.8 Å². The van der Waals surface area contributed by atoms with Gasteiger partial charge in [-0.25, -0.2) is 8.42 Å². The van der Waals surface area contributed by atoms with Crippen LogP contribution in [0.2, 0.25) is 5.02 Å². The quantitative estimate of drug-likeness (QED) is 0.451. The third-order valence-corrected chi connectivity index (χ3v) is 7.00. The third kappa shape index (κ3) is 6.27. The van der Waals surface area contributed by atoms with Gasteiger partial charge in [-0.3, -0.25) is 9.52 Å². The lowest BCUT2D eigenvalue weighted by molar-refractivity contribution is -0.123. The molecule has 0 aliphatic heterocycles. The van der Waals surface area contributed by atoms with Crippen molar-refractivity contribution in [2.24, 2.45) is 0 Å². The minimum Gasteiger partial charge on any atom is -0.482 e. The van der Waals surface area contributed by atoms with Crippen molar-refractivity contribution < 1.29 is 17.9 Å². The standard InChI is InChI=1S/C25H27ClN2O4S/c1-16-12-18(3)22(13-17(16)2)19(4)27-25(29)15-32-24-11-10-21(14-23(24)26)33(30,31)28-20-8-6-5-7-9-20/h5-14,19,28H,15H2,1-4H3,(H,27,29). The summed E-state index contributed by atoms with van der Waals surface area (Å²) in [6.07, 6.45) is 0. The van der Waals surface area contributed by atoms with Crippen molar-refractivity contribution in [1.29, 1.82) is 0 Å². The molecule has 0 fully saturated rings. The fourth-order valence-corrected chi connectivity index (χ4v) is 4.82. The maximum Gasteiger partial charge on any atom is 0.261 e. The second kappa shape index (κ2) is 10.3. The van der Waals surface area contributed by atoms with E-state index in [1.165, 1.54) is 23.8 Å². The molecule has 0 aromatic heterocycles. The zero-order valence-corrected chi connectivity index (χ0v) is 20.5. The SMILES string of the molecule is Cc1cc(C)c(C(C)NC(=O)COc2ccc(S(=O)(=O)Nc3ccccc3)cc2Cl)cc1C. The second-order valence-corrected chi connectivity index (χ2v) is 10.0. The molecule has 3 rings (SSSR count). The van der Waals surface area contributed by atoms with Gasteiger partial charge >= 0.3 is 0 Å². The van der Waals surface area contributed by atoms with Gasteiger partial charge in [0.1, 0.15) is 5.75 Å². The number of halogens is 1. The highest BCUT2D eigenvalue weighted by Gasteiger charge is 2.18. The van der Waals surface area contributed by atoms with Crippen LogP contribution in [0.1, 0.15) is 35.2 Å². The molecule has 8 heteroatoms. The largest absolute Gasteiger partial charge is 0.482 e. The first-order chi connectivity index (χ1) is 15.6. The monoisotopic (exact) mass is 486 g/mol. The van der Waals surface area contributed by atoms with Gasteiger partial charge in [-0.05, 0) is 80.3 Å². The first-order valence-corrected chi connectivity index (χ1v) is 12.3. The number of benzene rings is 3. The van der Waals surface area contributed by atoms with Gasteiger partial charge in [-0.15, -0.1) is 0 Å². The Morgan fingerprint density at radius 2 is 1.64 bits per heavy atom. The van der Waals surface area contributed by atoms with E-state index in [0.717, 1.165) is 16.7 Å². The molecule has 0 aliphatic rings. The zero-order valence-electron chi connectivity index (χ0n) is 19.0. The van der Waals surface area contributed by atoms with E-state index in [1.807, 2.05) is 20.8 Å². The summed E-state index contributed by atoms with van der Waals surface area (Å²) >= 11 is 6.23. The molecule has 3 aromatic rings. The molecule has 0 bridgehead atoms. The molecule has 3 aromatic carbocycles. The Balaban J connectivity index is 1.62. The average molecular weight is 487 g/mol. The van der Waals surface area contributed by atoms with Crippen LogP contribution in [0.15, 0.2) is 65.6 Å². The molecule has 0 spiro atoms. The summed E-state index contributed by atoms with van der Waals surface area (Å²) in [4.78, 5) is 12.4. The Labute approximate surface area is 200 Å². The third-order valence-electron chi connectivity index (χ3n) is 5.32. The minimum absolute atomic E-state index is 0.00741. The van der Waals surface area contributed by atoms with E-state index in [-0.39, 0.29) is 34.2 Å². The van der Waals surface area contributed by atoms with E-state index < -0.39 is 10.0 Å². The predicted octanol–water partition coefficient (Wildman–Crippen LogP) is 5.32. The van der Waals surface area contributed by atoms with Gasteiger partial charge in [-0.2, -0.15) is 0 Å². The molecule has 6 nitrogen and oxygen atoms in total. The Morgan fingerprint density at radius 1 is 0.970 bits per heavy atom. The molecule has 0 saturated carbocycles. The van der Waals surface area contributed by atoms with E-state index in [2.05, 4.69) is 29.1 Å². The number of sulfonamides is 1. The van der Waals surface area contributed by atoms with E-state index in [9.17, 15) is 13.2 Å². The van der Waals surface area contributed by atoms with Crippen molar-refractivity contribution in [2.75, 3.05) is 11.3 Å². The van der Waals surface area contributed by atoms with Gasteiger partial charge in [0.2, 0.25) is 0 Å². The van der Waals surface area contributed by atoms with Crippen molar-refractivity contribution in [3.8, 4) is 5.75 Å². The van der Waals surface area contributed by atoms with E-state index in [1.54, 1.807) is 30.3 Å². The summed E-state index contributed by atoms with van der Waals surface area (Å²) in [7, 11) is -3.81. The van der Waals surface area contributed by atoms with Crippen molar-refractivity contribution >= 4 is 33.2 Å². The Hall–Kier alpha value is -3.03. The molecule has 0 aliphatic carbocycles. The Morgan fingerprint density at radius 3 is 2.30 bits per heavy atom. The molecule has 2 N–H and O–H groups in total. The number of hydrogen-bond donors (Lipinski definition) is 2. The first-order valence-electron chi connectivity index (χ1n) is 10.4. The highest BCUT2D eigenvalue weighted by atomic mass is 35.5. The van der Waals surface area contributed by atoms with Crippen LogP contribution in [-0.2, 0) is 14.8 Å². The molecular formula is C25H27ClN2O4S. The van der Waals surface area contributed by atoms with E-state index in [4.69, 9.17) is 16.3 Å². The van der Waals surface area contributed by atoms with Crippen LogP contribution in [-0.4, -0.2) is 20.9 Å². The number of nitrogens with one attached hydrogen (secondary N) is 2. The number of amides is 1. The molecule has 1 amide bonds. The first kappa shape index (κ1) is 24.6. The maximum absolute atomic E-state index is 12.6. The summed E-state index contributed by atoms with van der Waals surface area (Å²) < 4.78 is 33.2. The summed E-state index contributed by atoms with van der Waals surface area (Å²) in [5.74, 6) is -0.0841. The molecule has 0 heterocycles. The molecular weight excluding hydrogens is 460 g/mol. The lowest BCUT2D eigenvalue weighted by atomic mass is 9.96. The second-order valence-electron chi connectivity index (χ2n) is 7.93. The van der Waals surface area contributed by atoms with Gasteiger partial charge in [0.25, 0.3) is 15.9 Å². The number of rotatable bonds is 8. The fourth-order valence-electron chi connectivity index (χ4n) is 3.44. The molecule has 0 radical (unpaired) electrons. The van der Waals surface area contributed by atoms with Crippen molar-refractivity contribution in [3.63, 3.8) is 0 Å². The van der Waals surface area contributed by atoms with Crippen molar-refractivity contribution in [1.82, 2.24) is 5.32 Å². The van der Waals surface area contributed by atoms with Crippen LogP contribution in [0.5, 0.6) is 5.75 Å². The summed E-state index contributed by atoms with van der Waals surface area (Å²) in [5, 5.41) is 3.02. The van der Waals surface area contributed by atoms with Crippen LogP contribution in [0.25, 0.3) is 0 Å². The Bertz CT molecular complexity index is 1260. The van der Waals surface area contributed by atoms with Gasteiger partial charge in [0.15, 0.2) is 6.61 Å². The summed E-state index contributed by atoms with van der Waals surface area (Å²) in [6.45, 7) is 7.78. The molecule has 33 heavy (non-hydrogen) atoms. The number of ether oxygens (including phenoxy) is 1. The lowest BCUT2D eigenvalue weighted by Crippen LogP contribution is -2.31. The lowest BCUT2D eigenvalue weighted by Gasteiger charge is -2.19. The number of aryl methyl sites for hydroxylation is 3. The summed E-state index contributed by atoms with van der Waals surface area (Å²) in [6, 6.07) is 16.7. The minimum atomic E-state index is -3.81. The Kier molecular flexibility index (Phi) is 7.66. The van der Waals surface area contributed by atoms with Crippen LogP contribution in [0, 0.1) is 20.8 Å². The van der Waals surface area contributed by atoms with Gasteiger partial charge in [0.05, 0.1) is 16.0 Å². The van der Waals surface area contributed by atoms with Crippen molar-refractivity contribution in [3.05, 3.63) is 87.9 Å². The van der Waals surface area contributed by atoms with Gasteiger partial charge < -0.3 is 10.1 Å². The maximum atomic E-state index is 12.6. The zero-order chi connectivity index (χ0) is 24.2. The smallest absolute Gasteiger partial charge is 0.261 e. The summed E-state index contributed by atoms with van der Waals surface area (Å²) in [5.41, 5.74) is 4.97. The van der Waals surface area contributed by atoms with Crippen LogP contribution in [0.3, 0.4) is 0 Å². The van der Waals surface area contributed by atoms with Gasteiger partial charge in [-0.1, -0.05) is 41.9 Å². The topological polar surface area (TPSA) is 84.5 Å². The number of para-hydroxylation sites is 1.